The monoisotopic (exact) mass is 548 g/mol. The summed E-state index contributed by atoms with van der Waals surface area (Å²) in [5, 5.41) is 18.4. The maximum Gasteiger partial charge on any atom is 0.313 e. The fourth-order valence-corrected chi connectivity index (χ4v) is 5.42. The molecule has 0 amide bonds. The average molecular weight is 549 g/mol. The van der Waals surface area contributed by atoms with Crippen molar-refractivity contribution in [3.63, 3.8) is 0 Å². The molecule has 2 saturated heterocycles. The van der Waals surface area contributed by atoms with E-state index in [-0.39, 0.29) is 13.2 Å². The van der Waals surface area contributed by atoms with E-state index in [1.807, 2.05) is 60.7 Å². The minimum absolute atomic E-state index is 0.142. The maximum absolute atomic E-state index is 12.1. The molecule has 2 aromatic rings. The number of carbonyl (C=O) groups is 4. The molecule has 10 heteroatoms. The molecule has 4 aliphatic rings. The van der Waals surface area contributed by atoms with Gasteiger partial charge in [-0.25, -0.2) is 0 Å². The maximum atomic E-state index is 12.1. The summed E-state index contributed by atoms with van der Waals surface area (Å²) in [5.74, 6) is -6.30. The average Bonchev–Trinajstić information content (AvgIpc) is 3.77. The molecule has 0 aliphatic carbocycles. The standard InChI is InChI=1S/2C15H14O5/c2*16-14(17)12-10-6-7-11(20-10)13(12)15(18)19-8-9-4-2-1-3-5-9/h2*1-7,10-13H,8H2,(H,16,17)/t2*10-,11+,12-,13+/m10/s1. The molecule has 4 bridgehead atoms. The zero-order valence-electron chi connectivity index (χ0n) is 21.3. The first-order valence-electron chi connectivity index (χ1n) is 12.9. The van der Waals surface area contributed by atoms with Crippen LogP contribution in [0.5, 0.6) is 0 Å². The van der Waals surface area contributed by atoms with Gasteiger partial charge in [-0.3, -0.25) is 19.2 Å². The van der Waals surface area contributed by atoms with Crippen LogP contribution in [0.2, 0.25) is 0 Å². The molecule has 4 heterocycles. The second-order valence-electron chi connectivity index (χ2n) is 9.87. The van der Waals surface area contributed by atoms with Gasteiger partial charge in [-0.1, -0.05) is 85.0 Å². The molecule has 8 atom stereocenters. The largest absolute Gasteiger partial charge is 0.481 e. The van der Waals surface area contributed by atoms with Crippen molar-refractivity contribution in [1.82, 2.24) is 0 Å². The lowest BCUT2D eigenvalue weighted by atomic mass is 9.83. The Morgan fingerprint density at radius 2 is 0.875 bits per heavy atom. The molecule has 4 aliphatic heterocycles. The van der Waals surface area contributed by atoms with E-state index in [9.17, 15) is 29.4 Å². The topological polar surface area (TPSA) is 146 Å². The van der Waals surface area contributed by atoms with Crippen molar-refractivity contribution in [2.24, 2.45) is 23.7 Å². The lowest BCUT2D eigenvalue weighted by molar-refractivity contribution is -0.157. The van der Waals surface area contributed by atoms with Gasteiger partial charge >= 0.3 is 23.9 Å². The van der Waals surface area contributed by atoms with Gasteiger partial charge in [0.15, 0.2) is 0 Å². The fraction of sp³-hybridized carbons (Fsp3) is 0.333. The van der Waals surface area contributed by atoms with Crippen LogP contribution >= 0.6 is 0 Å². The van der Waals surface area contributed by atoms with Crippen molar-refractivity contribution in [1.29, 1.82) is 0 Å². The number of esters is 2. The number of hydrogen-bond donors (Lipinski definition) is 2. The summed E-state index contributed by atoms with van der Waals surface area (Å²) in [6, 6.07) is 18.6. The molecule has 0 radical (unpaired) electrons. The van der Waals surface area contributed by atoms with Crippen LogP contribution in [0.4, 0.5) is 0 Å². The summed E-state index contributed by atoms with van der Waals surface area (Å²) in [6.45, 7) is 0.285. The molecule has 0 spiro atoms. The molecule has 0 aromatic heterocycles. The zero-order valence-corrected chi connectivity index (χ0v) is 21.3. The van der Waals surface area contributed by atoms with Crippen LogP contribution < -0.4 is 0 Å². The Bertz CT molecular complexity index is 1200. The third-order valence-corrected chi connectivity index (χ3v) is 7.36. The van der Waals surface area contributed by atoms with E-state index in [1.165, 1.54) is 0 Å². The predicted molar refractivity (Wildman–Crippen MR) is 137 cm³/mol. The van der Waals surface area contributed by atoms with Gasteiger partial charge in [0.05, 0.1) is 24.4 Å². The van der Waals surface area contributed by atoms with Gasteiger partial charge in [-0.2, -0.15) is 0 Å². The number of aliphatic carboxylic acids is 2. The number of carbonyl (C=O) groups excluding carboxylic acids is 2. The second-order valence-corrected chi connectivity index (χ2v) is 9.87. The van der Waals surface area contributed by atoms with Crippen molar-refractivity contribution in [3.8, 4) is 0 Å². The summed E-state index contributed by atoms with van der Waals surface area (Å²) >= 11 is 0. The lowest BCUT2D eigenvalue weighted by Crippen LogP contribution is -2.37. The quantitative estimate of drug-likeness (QED) is 0.373. The van der Waals surface area contributed by atoms with Crippen molar-refractivity contribution >= 4 is 23.9 Å². The Hall–Kier alpha value is -4.28. The number of ether oxygens (including phenoxy) is 4. The first-order chi connectivity index (χ1) is 19.3. The molecule has 208 valence electrons. The highest BCUT2D eigenvalue weighted by molar-refractivity contribution is 5.84. The van der Waals surface area contributed by atoms with E-state index in [2.05, 4.69) is 0 Å². The molecule has 0 saturated carbocycles. The minimum atomic E-state index is -1.02. The van der Waals surface area contributed by atoms with E-state index < -0.39 is 72.0 Å². The third-order valence-electron chi connectivity index (χ3n) is 7.36. The highest BCUT2D eigenvalue weighted by Gasteiger charge is 2.55. The van der Waals surface area contributed by atoms with Gasteiger partial charge < -0.3 is 29.2 Å². The van der Waals surface area contributed by atoms with Crippen molar-refractivity contribution < 1.29 is 48.3 Å². The SMILES string of the molecule is O=C(O)[C@@H]1[C@H](C(=O)OCc2ccccc2)[C@H]2C=C[C@@H]1O2.O=C(OCc1ccccc1)[C@@H]1[C@H](C(=O)O)[C@H]2C=C[C@@H]1O2. The number of carboxylic acids is 2. The number of benzene rings is 2. The number of carboxylic acid groups (broad SMARTS) is 2. The lowest BCUT2D eigenvalue weighted by Gasteiger charge is -2.20. The normalized spacial score (nSPS) is 30.4. The predicted octanol–water partition coefficient (Wildman–Crippen LogP) is 2.77. The van der Waals surface area contributed by atoms with Gasteiger partial charge in [0, 0.05) is 0 Å². The van der Waals surface area contributed by atoms with Crippen molar-refractivity contribution in [2.45, 2.75) is 37.6 Å². The molecule has 0 unspecified atom stereocenters. The van der Waals surface area contributed by atoms with Crippen LogP contribution in [-0.2, 0) is 51.3 Å². The van der Waals surface area contributed by atoms with Crippen molar-refractivity contribution in [3.05, 3.63) is 96.1 Å². The van der Waals surface area contributed by atoms with Crippen molar-refractivity contribution in [2.75, 3.05) is 0 Å². The van der Waals surface area contributed by atoms with Gasteiger partial charge in [-0.15, -0.1) is 0 Å². The van der Waals surface area contributed by atoms with E-state index >= 15 is 0 Å². The molecular weight excluding hydrogens is 520 g/mol. The molecule has 10 nitrogen and oxygen atoms in total. The fourth-order valence-electron chi connectivity index (χ4n) is 5.42. The Morgan fingerprint density at radius 1 is 0.550 bits per heavy atom. The summed E-state index contributed by atoms with van der Waals surface area (Å²) in [5.41, 5.74) is 1.74. The van der Waals surface area contributed by atoms with Gasteiger partial charge in [0.2, 0.25) is 0 Å². The summed E-state index contributed by atoms with van der Waals surface area (Å²) in [7, 11) is 0. The Labute approximate surface area is 229 Å². The first kappa shape index (κ1) is 27.3. The van der Waals surface area contributed by atoms with Crippen LogP contribution in [0, 0.1) is 23.7 Å². The van der Waals surface area contributed by atoms with E-state index in [4.69, 9.17) is 18.9 Å². The first-order valence-corrected chi connectivity index (χ1v) is 12.9. The Morgan fingerprint density at radius 3 is 1.20 bits per heavy atom. The smallest absolute Gasteiger partial charge is 0.313 e. The summed E-state index contributed by atoms with van der Waals surface area (Å²) < 4.78 is 21.3. The zero-order chi connectivity index (χ0) is 28.2. The molecule has 2 aromatic carbocycles. The van der Waals surface area contributed by atoms with Crippen LogP contribution in [-0.4, -0.2) is 58.5 Å². The molecule has 40 heavy (non-hydrogen) atoms. The van der Waals surface area contributed by atoms with E-state index in [1.54, 1.807) is 24.3 Å². The summed E-state index contributed by atoms with van der Waals surface area (Å²) in [6.07, 6.45) is 4.86. The van der Waals surface area contributed by atoms with E-state index in [0.717, 1.165) is 11.1 Å². The minimum Gasteiger partial charge on any atom is -0.481 e. The van der Waals surface area contributed by atoms with Crippen LogP contribution in [0.15, 0.2) is 85.0 Å². The van der Waals surface area contributed by atoms with Crippen LogP contribution in [0.1, 0.15) is 11.1 Å². The van der Waals surface area contributed by atoms with Crippen LogP contribution in [0.25, 0.3) is 0 Å². The number of rotatable bonds is 8. The number of hydrogen-bond acceptors (Lipinski definition) is 8. The highest BCUT2D eigenvalue weighted by atomic mass is 16.6. The second kappa shape index (κ2) is 11.8. The number of fused-ring (bicyclic) bond motifs is 4. The third kappa shape index (κ3) is 5.68. The molecular formula is C30H28O10. The van der Waals surface area contributed by atoms with Gasteiger partial charge in [0.1, 0.15) is 36.9 Å². The van der Waals surface area contributed by atoms with Gasteiger partial charge in [0.25, 0.3) is 0 Å². The van der Waals surface area contributed by atoms with Gasteiger partial charge in [-0.05, 0) is 11.1 Å². The molecule has 2 N–H and O–H groups in total. The molecule has 2 fully saturated rings. The summed E-state index contributed by atoms with van der Waals surface area (Å²) in [4.78, 5) is 46.8. The highest BCUT2D eigenvalue weighted by Crippen LogP contribution is 2.41. The Kier molecular flexibility index (Phi) is 8.09. The molecule has 6 rings (SSSR count). The Balaban J connectivity index is 0.000000161. The van der Waals surface area contributed by atoms with E-state index in [0.29, 0.717) is 0 Å². The van der Waals surface area contributed by atoms with Crippen LogP contribution in [0.3, 0.4) is 0 Å².